The zero-order chi connectivity index (χ0) is 13.5. The fraction of sp³-hybridized carbons (Fsp3) is 0.143. The van der Waals surface area contributed by atoms with E-state index in [4.69, 9.17) is 37.4 Å². The van der Waals surface area contributed by atoms with Crippen LogP contribution in [-0.4, -0.2) is 13.6 Å². The Morgan fingerprint density at radius 1 is 0.684 bits per heavy atom. The first-order valence-corrected chi connectivity index (χ1v) is 6.35. The maximum atomic E-state index is 5.92. The number of ether oxygens (including phenoxy) is 3. The predicted molar refractivity (Wildman–Crippen MR) is 75.0 cm³/mol. The summed E-state index contributed by atoms with van der Waals surface area (Å²) in [6.45, 7) is 0.0996. The first-order chi connectivity index (χ1) is 9.27. The fourth-order valence-corrected chi connectivity index (χ4v) is 1.75. The molecule has 0 bridgehead atoms. The third kappa shape index (κ3) is 4.31. The van der Waals surface area contributed by atoms with Crippen molar-refractivity contribution < 1.29 is 14.2 Å². The highest BCUT2D eigenvalue weighted by Crippen LogP contribution is 2.24. The molecule has 2 aromatic carbocycles. The number of para-hydroxylation sites is 2. The summed E-state index contributed by atoms with van der Waals surface area (Å²) in [6, 6.07) is 14.4. The molecule has 0 aliphatic carbocycles. The Balaban J connectivity index is 1.71. The molecule has 19 heavy (non-hydrogen) atoms. The second-order valence-electron chi connectivity index (χ2n) is 3.59. The standard InChI is InChI=1S/C14H12Cl2O3/c15-11-5-1-3-7-13(11)18-9-17-10-19-14-8-4-2-6-12(14)16/h1-8H,9-10H2. The van der Waals surface area contributed by atoms with Gasteiger partial charge >= 0.3 is 0 Å². The number of benzene rings is 2. The summed E-state index contributed by atoms with van der Waals surface area (Å²) in [5.74, 6) is 1.14. The van der Waals surface area contributed by atoms with Crippen LogP contribution in [-0.2, 0) is 4.74 Å². The molecular formula is C14H12Cl2O3. The molecule has 0 aliphatic heterocycles. The van der Waals surface area contributed by atoms with Crippen LogP contribution in [0.3, 0.4) is 0 Å². The van der Waals surface area contributed by atoms with E-state index in [0.717, 1.165) is 0 Å². The number of hydrogen-bond donors (Lipinski definition) is 0. The van der Waals surface area contributed by atoms with Crippen molar-refractivity contribution in [1.29, 1.82) is 0 Å². The van der Waals surface area contributed by atoms with Gasteiger partial charge in [0.25, 0.3) is 0 Å². The van der Waals surface area contributed by atoms with E-state index in [1.807, 2.05) is 24.3 Å². The van der Waals surface area contributed by atoms with E-state index in [2.05, 4.69) is 0 Å². The van der Waals surface area contributed by atoms with Crippen LogP contribution < -0.4 is 9.47 Å². The quantitative estimate of drug-likeness (QED) is 0.585. The van der Waals surface area contributed by atoms with Gasteiger partial charge in [-0.1, -0.05) is 47.5 Å². The largest absolute Gasteiger partial charge is 0.466 e. The maximum absolute atomic E-state index is 5.92. The van der Waals surface area contributed by atoms with E-state index in [1.54, 1.807) is 24.3 Å². The molecule has 0 aliphatic rings. The summed E-state index contributed by atoms with van der Waals surface area (Å²) < 4.78 is 15.9. The SMILES string of the molecule is Clc1ccccc1OCOCOc1ccccc1Cl. The molecule has 0 N–H and O–H groups in total. The van der Waals surface area contributed by atoms with Crippen LogP contribution in [0.5, 0.6) is 11.5 Å². The van der Waals surface area contributed by atoms with Crippen molar-refractivity contribution in [2.75, 3.05) is 13.6 Å². The van der Waals surface area contributed by atoms with E-state index in [1.165, 1.54) is 0 Å². The van der Waals surface area contributed by atoms with Gasteiger partial charge in [0, 0.05) is 0 Å². The van der Waals surface area contributed by atoms with Gasteiger partial charge in [-0.25, -0.2) is 0 Å². The zero-order valence-corrected chi connectivity index (χ0v) is 11.5. The summed E-state index contributed by atoms with van der Waals surface area (Å²) in [5, 5.41) is 1.08. The number of halogens is 2. The van der Waals surface area contributed by atoms with Crippen LogP contribution in [0.2, 0.25) is 10.0 Å². The minimum Gasteiger partial charge on any atom is -0.466 e. The van der Waals surface area contributed by atoms with Crippen LogP contribution in [0.4, 0.5) is 0 Å². The van der Waals surface area contributed by atoms with Crippen molar-refractivity contribution >= 4 is 23.2 Å². The van der Waals surface area contributed by atoms with E-state index in [9.17, 15) is 0 Å². The van der Waals surface area contributed by atoms with E-state index in [0.29, 0.717) is 21.5 Å². The van der Waals surface area contributed by atoms with Crippen molar-refractivity contribution in [2.24, 2.45) is 0 Å². The lowest BCUT2D eigenvalue weighted by Crippen LogP contribution is -2.08. The summed E-state index contributed by atoms with van der Waals surface area (Å²) in [4.78, 5) is 0. The van der Waals surface area contributed by atoms with Gasteiger partial charge < -0.3 is 14.2 Å². The Morgan fingerprint density at radius 3 is 1.53 bits per heavy atom. The Labute approximate surface area is 121 Å². The topological polar surface area (TPSA) is 27.7 Å². The van der Waals surface area contributed by atoms with E-state index in [-0.39, 0.29) is 13.6 Å². The average molecular weight is 299 g/mol. The lowest BCUT2D eigenvalue weighted by Gasteiger charge is -2.10. The minimum atomic E-state index is 0.0498. The Hall–Kier alpha value is -1.42. The molecular weight excluding hydrogens is 287 g/mol. The second kappa shape index (κ2) is 7.24. The van der Waals surface area contributed by atoms with Crippen LogP contribution in [0.15, 0.2) is 48.5 Å². The second-order valence-corrected chi connectivity index (χ2v) is 4.40. The highest BCUT2D eigenvalue weighted by Gasteiger charge is 2.01. The monoisotopic (exact) mass is 298 g/mol. The average Bonchev–Trinajstić information content (AvgIpc) is 2.42. The third-order valence-corrected chi connectivity index (χ3v) is 2.89. The molecule has 0 radical (unpaired) electrons. The summed E-state index contributed by atoms with van der Waals surface area (Å²) in [5.41, 5.74) is 0. The first kappa shape index (κ1) is 14.0. The Bertz CT molecular complexity index is 484. The molecule has 0 heterocycles. The molecule has 0 aromatic heterocycles. The van der Waals surface area contributed by atoms with E-state index >= 15 is 0 Å². The Kier molecular flexibility index (Phi) is 5.33. The smallest absolute Gasteiger partial charge is 0.192 e. The molecule has 0 saturated heterocycles. The zero-order valence-electron chi connectivity index (χ0n) is 10.0. The fourth-order valence-electron chi connectivity index (χ4n) is 1.37. The van der Waals surface area contributed by atoms with Crippen LogP contribution in [0, 0.1) is 0 Å². The molecule has 5 heteroatoms. The molecule has 0 spiro atoms. The molecule has 2 aromatic rings. The van der Waals surface area contributed by atoms with Crippen molar-refractivity contribution in [3.05, 3.63) is 58.6 Å². The molecule has 2 rings (SSSR count). The number of hydrogen-bond acceptors (Lipinski definition) is 3. The molecule has 0 saturated carbocycles. The van der Waals surface area contributed by atoms with Gasteiger partial charge in [0.2, 0.25) is 0 Å². The van der Waals surface area contributed by atoms with Crippen molar-refractivity contribution in [1.82, 2.24) is 0 Å². The normalized spacial score (nSPS) is 10.2. The molecule has 100 valence electrons. The molecule has 0 amide bonds. The molecule has 3 nitrogen and oxygen atoms in total. The van der Waals surface area contributed by atoms with Crippen molar-refractivity contribution in [3.63, 3.8) is 0 Å². The van der Waals surface area contributed by atoms with Gasteiger partial charge in [0.15, 0.2) is 13.6 Å². The lowest BCUT2D eigenvalue weighted by molar-refractivity contribution is -0.0536. The van der Waals surface area contributed by atoms with Gasteiger partial charge in [-0.2, -0.15) is 0 Å². The van der Waals surface area contributed by atoms with Gasteiger partial charge in [-0.3, -0.25) is 0 Å². The van der Waals surface area contributed by atoms with Crippen LogP contribution >= 0.6 is 23.2 Å². The van der Waals surface area contributed by atoms with Gasteiger partial charge in [0.05, 0.1) is 10.0 Å². The summed E-state index contributed by atoms with van der Waals surface area (Å²) >= 11 is 11.8. The van der Waals surface area contributed by atoms with Crippen molar-refractivity contribution in [2.45, 2.75) is 0 Å². The van der Waals surface area contributed by atoms with Crippen molar-refractivity contribution in [3.8, 4) is 11.5 Å². The highest BCUT2D eigenvalue weighted by molar-refractivity contribution is 6.32. The molecule has 0 fully saturated rings. The Morgan fingerprint density at radius 2 is 1.11 bits per heavy atom. The van der Waals surface area contributed by atoms with Gasteiger partial charge in [0.1, 0.15) is 11.5 Å². The van der Waals surface area contributed by atoms with E-state index < -0.39 is 0 Å². The third-order valence-electron chi connectivity index (χ3n) is 2.27. The minimum absolute atomic E-state index is 0.0498. The van der Waals surface area contributed by atoms with Gasteiger partial charge in [-0.05, 0) is 24.3 Å². The number of rotatable bonds is 6. The van der Waals surface area contributed by atoms with Gasteiger partial charge in [-0.15, -0.1) is 0 Å². The van der Waals surface area contributed by atoms with Crippen LogP contribution in [0.1, 0.15) is 0 Å². The predicted octanol–water partition coefficient (Wildman–Crippen LogP) is 4.38. The lowest BCUT2D eigenvalue weighted by atomic mass is 10.3. The first-order valence-electron chi connectivity index (χ1n) is 5.60. The van der Waals surface area contributed by atoms with Crippen LogP contribution in [0.25, 0.3) is 0 Å². The summed E-state index contributed by atoms with van der Waals surface area (Å²) in [7, 11) is 0. The molecule has 0 atom stereocenters. The maximum Gasteiger partial charge on any atom is 0.192 e. The summed E-state index contributed by atoms with van der Waals surface area (Å²) in [6.07, 6.45) is 0. The molecule has 0 unspecified atom stereocenters. The highest BCUT2D eigenvalue weighted by atomic mass is 35.5.